The average Bonchev–Trinajstić information content (AvgIpc) is 3.00. The third-order valence-electron chi connectivity index (χ3n) is 5.24. The number of aliphatic hydroxyl groups excluding tert-OH is 1. The van der Waals surface area contributed by atoms with Crippen LogP contribution in [0.4, 0.5) is 0 Å². The topological polar surface area (TPSA) is 72.8 Å². The van der Waals surface area contributed by atoms with Crippen molar-refractivity contribution in [1.82, 2.24) is 10.2 Å². The van der Waals surface area contributed by atoms with E-state index in [-0.39, 0.29) is 25.5 Å². The van der Waals surface area contributed by atoms with Gasteiger partial charge in [-0.3, -0.25) is 4.79 Å². The Morgan fingerprint density at radius 3 is 2.50 bits per heavy atom. The largest absolute Gasteiger partial charge is 0.388 e. The summed E-state index contributed by atoms with van der Waals surface area (Å²) in [4.78, 5) is 14.0. The summed E-state index contributed by atoms with van der Waals surface area (Å²) in [5, 5.41) is 25.0. The first kappa shape index (κ1) is 20.8. The number of aryl methyl sites for hydroxylation is 1. The first-order chi connectivity index (χ1) is 13.5. The molecule has 6 heteroatoms. The van der Waals surface area contributed by atoms with Crippen molar-refractivity contribution in [2.75, 3.05) is 26.2 Å². The molecule has 1 heterocycles. The van der Waals surface area contributed by atoms with E-state index in [1.165, 1.54) is 0 Å². The van der Waals surface area contributed by atoms with Crippen molar-refractivity contribution in [3.05, 3.63) is 70.7 Å². The molecule has 3 N–H and O–H groups in total. The number of nitrogens with zero attached hydrogens (tertiary/aromatic N) is 1. The third-order valence-corrected chi connectivity index (χ3v) is 5.49. The number of carbonyl (C=O) groups is 1. The second-order valence-corrected chi connectivity index (χ2v) is 7.87. The van der Waals surface area contributed by atoms with Crippen molar-refractivity contribution < 1.29 is 15.0 Å². The lowest BCUT2D eigenvalue weighted by atomic mass is 10.0. The van der Waals surface area contributed by atoms with Gasteiger partial charge in [0.1, 0.15) is 11.7 Å². The number of aliphatic hydroxyl groups is 2. The van der Waals surface area contributed by atoms with E-state index in [1.54, 1.807) is 4.90 Å². The summed E-state index contributed by atoms with van der Waals surface area (Å²) in [5.41, 5.74) is 0.936. The Balaban J connectivity index is 1.43. The molecule has 3 rings (SSSR count). The molecule has 0 unspecified atom stereocenters. The minimum atomic E-state index is -1.32. The standard InChI is InChI=1S/C22H27ClN2O3/c23-19-9-6-18(7-10-19)12-13-24-15-22(28)16-25(14-20(22)26)21(27)11-8-17-4-2-1-3-5-17/h1-7,9-10,20,24,26,28H,8,11-16H2/t20-,22+/m1/s1. The number of amides is 1. The van der Waals surface area contributed by atoms with Crippen LogP contribution >= 0.6 is 11.6 Å². The first-order valence-corrected chi connectivity index (χ1v) is 10.0. The molecule has 5 nitrogen and oxygen atoms in total. The van der Waals surface area contributed by atoms with E-state index in [1.807, 2.05) is 54.6 Å². The minimum absolute atomic E-state index is 0.0417. The van der Waals surface area contributed by atoms with Crippen LogP contribution in [-0.4, -0.2) is 58.9 Å². The van der Waals surface area contributed by atoms with Crippen molar-refractivity contribution in [3.63, 3.8) is 0 Å². The highest BCUT2D eigenvalue weighted by molar-refractivity contribution is 6.30. The number of rotatable bonds is 8. The maximum absolute atomic E-state index is 12.5. The molecule has 1 amide bonds. The van der Waals surface area contributed by atoms with E-state index < -0.39 is 11.7 Å². The Bertz CT molecular complexity index is 769. The lowest BCUT2D eigenvalue weighted by Gasteiger charge is -2.26. The summed E-state index contributed by atoms with van der Waals surface area (Å²) in [6.07, 6.45) is 0.875. The van der Waals surface area contributed by atoms with Gasteiger partial charge in [-0.1, -0.05) is 54.1 Å². The number of hydrogen-bond acceptors (Lipinski definition) is 4. The summed E-state index contributed by atoms with van der Waals surface area (Å²) in [5.74, 6) is -0.0417. The fourth-order valence-electron chi connectivity index (χ4n) is 3.49. The highest BCUT2D eigenvalue weighted by Crippen LogP contribution is 2.22. The van der Waals surface area contributed by atoms with Gasteiger partial charge in [0.2, 0.25) is 5.91 Å². The van der Waals surface area contributed by atoms with E-state index in [2.05, 4.69) is 5.32 Å². The smallest absolute Gasteiger partial charge is 0.223 e. The van der Waals surface area contributed by atoms with Crippen LogP contribution in [0.3, 0.4) is 0 Å². The lowest BCUT2D eigenvalue weighted by molar-refractivity contribution is -0.131. The van der Waals surface area contributed by atoms with Gasteiger partial charge >= 0.3 is 0 Å². The van der Waals surface area contributed by atoms with Crippen LogP contribution < -0.4 is 5.32 Å². The van der Waals surface area contributed by atoms with Crippen LogP contribution in [0.15, 0.2) is 54.6 Å². The molecule has 2 atom stereocenters. The molecule has 0 spiro atoms. The number of hydrogen-bond donors (Lipinski definition) is 3. The van der Waals surface area contributed by atoms with Crippen molar-refractivity contribution in [1.29, 1.82) is 0 Å². The molecule has 1 saturated heterocycles. The van der Waals surface area contributed by atoms with Gasteiger partial charge in [0.25, 0.3) is 0 Å². The van der Waals surface area contributed by atoms with Crippen molar-refractivity contribution in [2.45, 2.75) is 31.0 Å². The summed E-state index contributed by atoms with van der Waals surface area (Å²) >= 11 is 5.88. The molecule has 1 fully saturated rings. The molecule has 0 aromatic heterocycles. The summed E-state index contributed by atoms with van der Waals surface area (Å²) < 4.78 is 0. The van der Waals surface area contributed by atoms with E-state index >= 15 is 0 Å². The predicted molar refractivity (Wildman–Crippen MR) is 110 cm³/mol. The van der Waals surface area contributed by atoms with Crippen LogP contribution in [-0.2, 0) is 17.6 Å². The molecular weight excluding hydrogens is 376 g/mol. The SMILES string of the molecule is O=C(CCc1ccccc1)N1C[C@@H](O)[C@](O)(CNCCc2ccc(Cl)cc2)C1. The van der Waals surface area contributed by atoms with Crippen LogP contribution in [0.2, 0.25) is 5.02 Å². The van der Waals surface area contributed by atoms with E-state index in [0.29, 0.717) is 24.4 Å². The average molecular weight is 403 g/mol. The first-order valence-electron chi connectivity index (χ1n) is 9.63. The number of nitrogens with one attached hydrogen (secondary N) is 1. The second kappa shape index (κ2) is 9.52. The number of β-amino-alcohol motifs (C(OH)–C–C–N with tert-alkyl or cyclic N) is 2. The van der Waals surface area contributed by atoms with E-state index in [9.17, 15) is 15.0 Å². The normalized spacial score (nSPS) is 21.8. The van der Waals surface area contributed by atoms with Gasteiger partial charge in [0, 0.05) is 24.5 Å². The van der Waals surface area contributed by atoms with Gasteiger partial charge < -0.3 is 20.4 Å². The van der Waals surface area contributed by atoms with Gasteiger partial charge in [-0.2, -0.15) is 0 Å². The second-order valence-electron chi connectivity index (χ2n) is 7.43. The van der Waals surface area contributed by atoms with Crippen LogP contribution in [0.5, 0.6) is 0 Å². The fraction of sp³-hybridized carbons (Fsp3) is 0.409. The Morgan fingerprint density at radius 1 is 1.11 bits per heavy atom. The van der Waals surface area contributed by atoms with Gasteiger partial charge in [0.05, 0.1) is 6.54 Å². The van der Waals surface area contributed by atoms with Gasteiger partial charge in [-0.15, -0.1) is 0 Å². The summed E-state index contributed by atoms with van der Waals surface area (Å²) in [6, 6.07) is 17.5. The monoisotopic (exact) mass is 402 g/mol. The summed E-state index contributed by atoms with van der Waals surface area (Å²) in [7, 11) is 0. The molecule has 150 valence electrons. The zero-order valence-electron chi connectivity index (χ0n) is 15.9. The molecule has 0 aliphatic carbocycles. The molecule has 28 heavy (non-hydrogen) atoms. The maximum atomic E-state index is 12.5. The van der Waals surface area contributed by atoms with Crippen LogP contribution in [0.1, 0.15) is 17.5 Å². The Morgan fingerprint density at radius 2 is 1.79 bits per heavy atom. The summed E-state index contributed by atoms with van der Waals surface area (Å²) in [6.45, 7) is 1.22. The predicted octanol–water partition coefficient (Wildman–Crippen LogP) is 2.04. The zero-order chi connectivity index (χ0) is 20.0. The number of halogens is 1. The molecule has 2 aromatic carbocycles. The highest BCUT2D eigenvalue weighted by Gasteiger charge is 2.45. The van der Waals surface area contributed by atoms with Gasteiger partial charge in [-0.05, 0) is 42.6 Å². The number of carbonyl (C=O) groups excluding carboxylic acids is 1. The third kappa shape index (κ3) is 5.55. The maximum Gasteiger partial charge on any atom is 0.223 e. The lowest BCUT2D eigenvalue weighted by Crippen LogP contribution is -2.50. The minimum Gasteiger partial charge on any atom is -0.388 e. The molecular formula is C22H27ClN2O3. The van der Waals surface area contributed by atoms with Crippen LogP contribution in [0, 0.1) is 0 Å². The highest BCUT2D eigenvalue weighted by atomic mass is 35.5. The van der Waals surface area contributed by atoms with Crippen molar-refractivity contribution >= 4 is 17.5 Å². The number of benzene rings is 2. The molecule has 0 bridgehead atoms. The molecule has 0 saturated carbocycles. The van der Waals surface area contributed by atoms with Crippen LogP contribution in [0.25, 0.3) is 0 Å². The van der Waals surface area contributed by atoms with Gasteiger partial charge in [-0.25, -0.2) is 0 Å². The van der Waals surface area contributed by atoms with E-state index in [0.717, 1.165) is 17.5 Å². The van der Waals surface area contributed by atoms with E-state index in [4.69, 9.17) is 11.6 Å². The quantitative estimate of drug-likeness (QED) is 0.591. The number of likely N-dealkylation sites (tertiary alicyclic amines) is 1. The Kier molecular flexibility index (Phi) is 7.08. The fourth-order valence-corrected chi connectivity index (χ4v) is 3.61. The van der Waals surface area contributed by atoms with Crippen molar-refractivity contribution in [2.24, 2.45) is 0 Å². The Hall–Kier alpha value is -1.92. The molecule has 1 aliphatic heterocycles. The molecule has 1 aliphatic rings. The van der Waals surface area contributed by atoms with Gasteiger partial charge in [0.15, 0.2) is 0 Å². The Labute approximate surface area is 170 Å². The van der Waals surface area contributed by atoms with Crippen molar-refractivity contribution in [3.8, 4) is 0 Å². The molecule has 2 aromatic rings. The molecule has 0 radical (unpaired) electrons. The zero-order valence-corrected chi connectivity index (χ0v) is 16.6.